The molecular weight excluding hydrogens is 386 g/mol. The van der Waals surface area contributed by atoms with Gasteiger partial charge in [0.25, 0.3) is 5.91 Å². The number of nitrogens with zero attached hydrogens (tertiary/aromatic N) is 4. The van der Waals surface area contributed by atoms with Crippen molar-refractivity contribution in [2.24, 2.45) is 5.10 Å². The lowest BCUT2D eigenvalue weighted by Gasteiger charge is -2.34. The van der Waals surface area contributed by atoms with Crippen molar-refractivity contribution in [1.29, 1.82) is 0 Å². The van der Waals surface area contributed by atoms with E-state index in [0.29, 0.717) is 5.56 Å². The molecule has 2 heterocycles. The number of carbonyl (C=O) groups is 1. The summed E-state index contributed by atoms with van der Waals surface area (Å²) in [4.78, 5) is 21.2. The number of hydrogen-bond donors (Lipinski definition) is 1. The number of amides is 1. The highest BCUT2D eigenvalue weighted by Gasteiger charge is 2.17. The molecule has 1 aliphatic rings. The normalized spacial score (nSPS) is 15.2. The lowest BCUT2D eigenvalue weighted by molar-refractivity contribution is 0.0955. The standard InChI is InChI=1S/C25H27N5O/c31-25(28-27-18-23-7-4-12-26-17-23)24-10-8-22(9-11-24)20-30-15-13-29(14-16-30)19-21-5-2-1-3-6-21/h1-12,17-18H,13-16,19-20H2,(H,28,31)/b27-18-. The summed E-state index contributed by atoms with van der Waals surface area (Å²) in [5.41, 5.74) is 6.58. The number of rotatable bonds is 7. The Labute approximate surface area is 183 Å². The van der Waals surface area contributed by atoms with E-state index >= 15 is 0 Å². The summed E-state index contributed by atoms with van der Waals surface area (Å²) in [5.74, 6) is -0.221. The minimum atomic E-state index is -0.221. The first-order valence-electron chi connectivity index (χ1n) is 10.6. The Bertz CT molecular complexity index is 981. The minimum Gasteiger partial charge on any atom is -0.297 e. The first-order chi connectivity index (χ1) is 15.3. The molecule has 0 spiro atoms. The maximum Gasteiger partial charge on any atom is 0.271 e. The zero-order chi connectivity index (χ0) is 21.3. The van der Waals surface area contributed by atoms with Crippen molar-refractivity contribution >= 4 is 12.1 Å². The van der Waals surface area contributed by atoms with E-state index < -0.39 is 0 Å². The summed E-state index contributed by atoms with van der Waals surface area (Å²) in [6.45, 7) is 6.17. The number of piperazine rings is 1. The molecule has 1 fully saturated rings. The molecule has 0 atom stereocenters. The summed E-state index contributed by atoms with van der Waals surface area (Å²) in [6.07, 6.45) is 4.96. The van der Waals surface area contributed by atoms with Crippen molar-refractivity contribution in [1.82, 2.24) is 20.2 Å². The van der Waals surface area contributed by atoms with Gasteiger partial charge in [-0.15, -0.1) is 0 Å². The monoisotopic (exact) mass is 413 g/mol. The molecule has 0 bridgehead atoms. The van der Waals surface area contributed by atoms with Crippen LogP contribution in [0.2, 0.25) is 0 Å². The summed E-state index contributed by atoms with van der Waals surface area (Å²) in [7, 11) is 0. The van der Waals surface area contributed by atoms with Crippen molar-refractivity contribution < 1.29 is 4.79 Å². The second kappa shape index (κ2) is 10.6. The Balaban J connectivity index is 1.22. The third-order valence-corrected chi connectivity index (χ3v) is 5.40. The smallest absolute Gasteiger partial charge is 0.271 e. The molecule has 1 N–H and O–H groups in total. The number of carbonyl (C=O) groups excluding carboxylic acids is 1. The van der Waals surface area contributed by atoms with Gasteiger partial charge in [0.05, 0.1) is 6.21 Å². The molecule has 1 amide bonds. The van der Waals surface area contributed by atoms with Crippen LogP contribution in [-0.4, -0.2) is 53.1 Å². The fraction of sp³-hybridized carbons (Fsp3) is 0.240. The van der Waals surface area contributed by atoms with Gasteiger partial charge in [0, 0.05) is 62.8 Å². The number of nitrogens with one attached hydrogen (secondary N) is 1. The maximum atomic E-state index is 12.3. The lowest BCUT2D eigenvalue weighted by Crippen LogP contribution is -2.45. The number of hydrogen-bond acceptors (Lipinski definition) is 5. The Morgan fingerprint density at radius 2 is 1.52 bits per heavy atom. The first-order valence-corrected chi connectivity index (χ1v) is 10.6. The highest BCUT2D eigenvalue weighted by atomic mass is 16.2. The van der Waals surface area contributed by atoms with Gasteiger partial charge in [-0.3, -0.25) is 19.6 Å². The summed E-state index contributed by atoms with van der Waals surface area (Å²) in [6, 6.07) is 22.1. The van der Waals surface area contributed by atoms with E-state index in [9.17, 15) is 4.79 Å². The van der Waals surface area contributed by atoms with Crippen LogP contribution in [0.5, 0.6) is 0 Å². The van der Waals surface area contributed by atoms with E-state index in [1.165, 1.54) is 11.1 Å². The van der Waals surface area contributed by atoms with Crippen LogP contribution < -0.4 is 5.43 Å². The Kier molecular flexibility index (Phi) is 7.16. The van der Waals surface area contributed by atoms with Crippen LogP contribution in [0.4, 0.5) is 0 Å². The largest absolute Gasteiger partial charge is 0.297 e. The molecule has 1 aromatic heterocycles. The molecule has 0 radical (unpaired) electrons. The van der Waals surface area contributed by atoms with Gasteiger partial charge < -0.3 is 0 Å². The minimum absolute atomic E-state index is 0.221. The molecule has 0 saturated carbocycles. The second-order valence-electron chi connectivity index (χ2n) is 7.72. The van der Waals surface area contributed by atoms with Crippen LogP contribution in [0.15, 0.2) is 84.2 Å². The molecule has 3 aromatic rings. The predicted molar refractivity (Wildman–Crippen MR) is 123 cm³/mol. The van der Waals surface area contributed by atoms with Crippen molar-refractivity contribution in [3.8, 4) is 0 Å². The van der Waals surface area contributed by atoms with Gasteiger partial charge in [0.15, 0.2) is 0 Å². The van der Waals surface area contributed by atoms with Crippen LogP contribution in [0.3, 0.4) is 0 Å². The van der Waals surface area contributed by atoms with Gasteiger partial charge in [0.1, 0.15) is 0 Å². The van der Waals surface area contributed by atoms with E-state index in [1.807, 2.05) is 36.4 Å². The van der Waals surface area contributed by atoms with Crippen molar-refractivity contribution in [3.05, 3.63) is 101 Å². The van der Waals surface area contributed by atoms with Crippen molar-refractivity contribution in [3.63, 3.8) is 0 Å². The fourth-order valence-electron chi connectivity index (χ4n) is 3.65. The topological polar surface area (TPSA) is 60.8 Å². The quantitative estimate of drug-likeness (QED) is 0.477. The van der Waals surface area contributed by atoms with Crippen LogP contribution in [0, 0.1) is 0 Å². The molecule has 158 valence electrons. The zero-order valence-corrected chi connectivity index (χ0v) is 17.5. The van der Waals surface area contributed by atoms with Crippen LogP contribution in [-0.2, 0) is 13.1 Å². The number of pyridine rings is 1. The first kappa shape index (κ1) is 20.9. The number of hydrazone groups is 1. The predicted octanol–water partition coefficient (Wildman–Crippen LogP) is 3.16. The zero-order valence-electron chi connectivity index (χ0n) is 17.5. The molecule has 4 rings (SSSR count). The summed E-state index contributed by atoms with van der Waals surface area (Å²) in [5, 5.41) is 3.99. The number of benzene rings is 2. The van der Waals surface area contributed by atoms with Crippen LogP contribution in [0.1, 0.15) is 27.0 Å². The third kappa shape index (κ3) is 6.31. The molecule has 0 unspecified atom stereocenters. The van der Waals surface area contributed by atoms with Gasteiger partial charge in [-0.25, -0.2) is 5.43 Å². The van der Waals surface area contributed by atoms with Crippen LogP contribution in [0.25, 0.3) is 0 Å². The van der Waals surface area contributed by atoms with Crippen LogP contribution >= 0.6 is 0 Å². The van der Waals surface area contributed by atoms with Gasteiger partial charge in [0.2, 0.25) is 0 Å². The highest BCUT2D eigenvalue weighted by molar-refractivity contribution is 5.94. The molecule has 1 saturated heterocycles. The molecule has 6 nitrogen and oxygen atoms in total. The SMILES string of the molecule is O=C(N/N=C\c1cccnc1)c1ccc(CN2CCN(Cc3ccccc3)CC2)cc1. The van der Waals surface area contributed by atoms with Gasteiger partial charge in [-0.05, 0) is 29.3 Å². The lowest BCUT2D eigenvalue weighted by atomic mass is 10.1. The average molecular weight is 414 g/mol. The average Bonchev–Trinajstić information content (AvgIpc) is 2.82. The second-order valence-corrected chi connectivity index (χ2v) is 7.72. The number of aromatic nitrogens is 1. The van der Waals surface area contributed by atoms with Crippen molar-refractivity contribution in [2.75, 3.05) is 26.2 Å². The van der Waals surface area contributed by atoms with E-state index in [4.69, 9.17) is 0 Å². The van der Waals surface area contributed by atoms with Gasteiger partial charge in [-0.2, -0.15) is 5.10 Å². The van der Waals surface area contributed by atoms with Gasteiger partial charge in [-0.1, -0.05) is 48.5 Å². The fourth-order valence-corrected chi connectivity index (χ4v) is 3.65. The summed E-state index contributed by atoms with van der Waals surface area (Å²) < 4.78 is 0. The molecule has 2 aromatic carbocycles. The molecule has 1 aliphatic heterocycles. The highest BCUT2D eigenvalue weighted by Crippen LogP contribution is 2.12. The Hall–Kier alpha value is -3.35. The van der Waals surface area contributed by atoms with E-state index in [0.717, 1.165) is 44.8 Å². The molecule has 6 heteroatoms. The maximum absolute atomic E-state index is 12.3. The Morgan fingerprint density at radius 3 is 2.13 bits per heavy atom. The van der Waals surface area contributed by atoms with Gasteiger partial charge >= 0.3 is 0 Å². The summed E-state index contributed by atoms with van der Waals surface area (Å²) >= 11 is 0. The van der Waals surface area contributed by atoms with Crippen molar-refractivity contribution in [2.45, 2.75) is 13.1 Å². The third-order valence-electron chi connectivity index (χ3n) is 5.40. The Morgan fingerprint density at radius 1 is 0.871 bits per heavy atom. The molecule has 31 heavy (non-hydrogen) atoms. The van der Waals surface area contributed by atoms with E-state index in [2.05, 4.69) is 55.6 Å². The van der Waals surface area contributed by atoms with E-state index in [1.54, 1.807) is 18.6 Å². The molecule has 0 aliphatic carbocycles. The van der Waals surface area contributed by atoms with E-state index in [-0.39, 0.29) is 5.91 Å². The molecular formula is C25H27N5O.